The first kappa shape index (κ1) is 27.2. The average Bonchev–Trinajstić information content (AvgIpc) is 3.69. The third kappa shape index (κ3) is 6.06. The van der Waals surface area contributed by atoms with E-state index in [1.54, 1.807) is 17.4 Å². The van der Waals surface area contributed by atoms with Gasteiger partial charge in [0.2, 0.25) is 0 Å². The quantitative estimate of drug-likeness (QED) is 0.364. The van der Waals surface area contributed by atoms with Gasteiger partial charge in [0.1, 0.15) is 16.5 Å². The Bertz CT molecular complexity index is 1320. The maximum Gasteiger partial charge on any atom is 0.259 e. The Morgan fingerprint density at radius 1 is 1.03 bits per heavy atom. The van der Waals surface area contributed by atoms with Crippen molar-refractivity contribution in [1.82, 2.24) is 14.9 Å². The molecule has 1 unspecified atom stereocenters. The fraction of sp³-hybridized carbons (Fsp3) is 0.519. The van der Waals surface area contributed by atoms with Crippen molar-refractivity contribution < 1.29 is 9.90 Å². The second-order valence-corrected chi connectivity index (χ2v) is 13.2. The number of anilines is 3. The van der Waals surface area contributed by atoms with Crippen LogP contribution in [0.15, 0.2) is 23.7 Å². The molecular formula is C27H32Cl2N6O2S2. The number of carbonyl (C=O) groups excluding carboxylic acids is 1. The van der Waals surface area contributed by atoms with E-state index in [0.717, 1.165) is 47.8 Å². The van der Waals surface area contributed by atoms with E-state index in [2.05, 4.69) is 20.1 Å². The molecular weight excluding hydrogens is 575 g/mol. The molecule has 3 aromatic rings. The monoisotopic (exact) mass is 606 g/mol. The van der Waals surface area contributed by atoms with Crippen molar-refractivity contribution in [3.05, 3.63) is 39.3 Å². The second-order valence-electron chi connectivity index (χ2n) is 10.5. The number of aliphatic hydroxyl groups is 1. The molecule has 8 nitrogen and oxygen atoms in total. The number of nitrogens with one attached hydrogen (secondary N) is 1. The fourth-order valence-electron chi connectivity index (χ4n) is 5.81. The summed E-state index contributed by atoms with van der Waals surface area (Å²) in [4.78, 5) is 30.4. The summed E-state index contributed by atoms with van der Waals surface area (Å²) in [7, 11) is 0. The number of amides is 1. The number of β-amino-alcohol motifs (C(OH)–C–C–N with tert-alkyl or cyclic N) is 1. The zero-order valence-electron chi connectivity index (χ0n) is 21.6. The lowest BCUT2D eigenvalue weighted by Crippen LogP contribution is -2.50. The first-order valence-electron chi connectivity index (χ1n) is 13.6. The van der Waals surface area contributed by atoms with Crippen molar-refractivity contribution in [3.8, 4) is 10.6 Å². The Labute approximate surface area is 246 Å². The number of carbonyl (C=O) groups is 1. The number of hydrogen-bond donors (Lipinski definition) is 2. The third-order valence-electron chi connectivity index (χ3n) is 7.87. The Morgan fingerprint density at radius 2 is 1.82 bits per heavy atom. The van der Waals surface area contributed by atoms with Gasteiger partial charge in [0, 0.05) is 56.9 Å². The van der Waals surface area contributed by atoms with Gasteiger partial charge < -0.3 is 14.9 Å². The molecule has 2 saturated heterocycles. The first-order chi connectivity index (χ1) is 18.9. The van der Waals surface area contributed by atoms with Crippen LogP contribution in [0.3, 0.4) is 0 Å². The molecule has 0 radical (unpaired) electrons. The van der Waals surface area contributed by atoms with Crippen LogP contribution in [0.2, 0.25) is 10.0 Å². The van der Waals surface area contributed by atoms with E-state index in [4.69, 9.17) is 28.2 Å². The van der Waals surface area contributed by atoms with Gasteiger partial charge in [-0.15, -0.1) is 11.3 Å². The standard InChI is InChI=1S/C27H32Cl2N6O2S2/c28-18-13-22(38-16-18)23-26(34-10-8-33(9-11-34)19-4-2-1-3-5-19)39-27(31-23)32-25(37)17-12-21(29)24(30-14-17)35-7-6-20(36)15-35/h12-14,16,19-20,36H,1-11,15H2,(H,31,32,37). The van der Waals surface area contributed by atoms with Gasteiger partial charge in [-0.1, -0.05) is 53.8 Å². The predicted molar refractivity (Wildman–Crippen MR) is 161 cm³/mol. The zero-order chi connectivity index (χ0) is 26.9. The van der Waals surface area contributed by atoms with Gasteiger partial charge in [-0.05, 0) is 31.4 Å². The summed E-state index contributed by atoms with van der Waals surface area (Å²) in [6.45, 7) is 5.13. The summed E-state index contributed by atoms with van der Waals surface area (Å²) < 4.78 is 0. The third-order valence-corrected chi connectivity index (χ3v) is 10.5. The number of halogens is 2. The van der Waals surface area contributed by atoms with Crippen molar-refractivity contribution >= 4 is 67.7 Å². The molecule has 0 aromatic carbocycles. The molecule has 208 valence electrons. The van der Waals surface area contributed by atoms with Gasteiger partial charge in [0.25, 0.3) is 5.91 Å². The van der Waals surface area contributed by atoms with Crippen LogP contribution in [-0.4, -0.2) is 77.3 Å². The highest BCUT2D eigenvalue weighted by Crippen LogP contribution is 2.42. The lowest BCUT2D eigenvalue weighted by atomic mass is 9.94. The lowest BCUT2D eigenvalue weighted by molar-refractivity contribution is 0.102. The van der Waals surface area contributed by atoms with E-state index in [1.807, 2.05) is 16.3 Å². The smallest absolute Gasteiger partial charge is 0.259 e. The van der Waals surface area contributed by atoms with Crippen LogP contribution < -0.4 is 15.1 Å². The largest absolute Gasteiger partial charge is 0.391 e. The molecule has 2 aliphatic heterocycles. The number of aromatic nitrogens is 2. The van der Waals surface area contributed by atoms with Crippen LogP contribution in [0, 0.1) is 0 Å². The summed E-state index contributed by atoms with van der Waals surface area (Å²) in [6, 6.07) is 4.28. The maximum atomic E-state index is 13.2. The van der Waals surface area contributed by atoms with Gasteiger partial charge in [-0.25, -0.2) is 9.97 Å². The van der Waals surface area contributed by atoms with Crippen molar-refractivity contribution in [1.29, 1.82) is 0 Å². The zero-order valence-corrected chi connectivity index (χ0v) is 24.8. The van der Waals surface area contributed by atoms with Crippen molar-refractivity contribution in [2.45, 2.75) is 50.7 Å². The highest BCUT2D eigenvalue weighted by Gasteiger charge is 2.29. The van der Waals surface area contributed by atoms with Gasteiger partial charge in [-0.3, -0.25) is 15.0 Å². The Morgan fingerprint density at radius 3 is 2.49 bits per heavy atom. The van der Waals surface area contributed by atoms with Crippen molar-refractivity contribution in [3.63, 3.8) is 0 Å². The normalized spacial score (nSPS) is 21.1. The molecule has 12 heteroatoms. The number of thiazole rings is 1. The molecule has 3 fully saturated rings. The second kappa shape index (κ2) is 11.9. The van der Waals surface area contributed by atoms with E-state index < -0.39 is 0 Å². The minimum absolute atomic E-state index is 0.310. The Hall–Kier alpha value is -1.95. The van der Waals surface area contributed by atoms with Gasteiger partial charge in [0.05, 0.1) is 26.6 Å². The highest BCUT2D eigenvalue weighted by atomic mass is 35.5. The number of rotatable bonds is 6. The average molecular weight is 608 g/mol. The molecule has 2 N–H and O–H groups in total. The molecule has 3 aliphatic rings. The summed E-state index contributed by atoms with van der Waals surface area (Å²) >= 11 is 15.8. The van der Waals surface area contributed by atoms with Crippen LogP contribution in [0.4, 0.5) is 16.0 Å². The van der Waals surface area contributed by atoms with Crippen molar-refractivity contribution in [2.75, 3.05) is 54.4 Å². The summed E-state index contributed by atoms with van der Waals surface area (Å²) in [5.74, 6) is 0.279. The molecule has 39 heavy (non-hydrogen) atoms. The molecule has 5 heterocycles. The molecule has 1 amide bonds. The molecule has 0 bridgehead atoms. The molecule has 6 rings (SSSR count). The molecule has 3 aromatic heterocycles. The highest BCUT2D eigenvalue weighted by molar-refractivity contribution is 7.21. The van der Waals surface area contributed by atoms with Gasteiger partial charge in [0.15, 0.2) is 5.13 Å². The number of hydrogen-bond acceptors (Lipinski definition) is 9. The molecule has 0 spiro atoms. The van der Waals surface area contributed by atoms with Gasteiger partial charge in [-0.2, -0.15) is 0 Å². The summed E-state index contributed by atoms with van der Waals surface area (Å²) in [6.07, 6.45) is 8.51. The first-order valence-corrected chi connectivity index (χ1v) is 16.0. The van der Waals surface area contributed by atoms with Crippen LogP contribution in [-0.2, 0) is 0 Å². The van der Waals surface area contributed by atoms with Crippen molar-refractivity contribution in [2.24, 2.45) is 0 Å². The lowest BCUT2D eigenvalue weighted by Gasteiger charge is -2.41. The number of piperazine rings is 1. The summed E-state index contributed by atoms with van der Waals surface area (Å²) in [5, 5.41) is 17.4. The number of thiophene rings is 1. The molecule has 1 atom stereocenters. The topological polar surface area (TPSA) is 84.8 Å². The molecule has 1 saturated carbocycles. The molecule has 1 aliphatic carbocycles. The SMILES string of the molecule is O=C(Nc1nc(-c2cc(Cl)cs2)c(N2CCN(C3CCCCC3)CC2)s1)c1cnc(N2CCC(O)C2)c(Cl)c1. The van der Waals surface area contributed by atoms with E-state index in [9.17, 15) is 9.90 Å². The fourth-order valence-corrected chi connectivity index (χ4v) is 8.25. The van der Waals surface area contributed by atoms with Gasteiger partial charge >= 0.3 is 0 Å². The van der Waals surface area contributed by atoms with Crippen LogP contribution >= 0.6 is 45.9 Å². The van der Waals surface area contributed by atoms with E-state index >= 15 is 0 Å². The van der Waals surface area contributed by atoms with Crippen LogP contribution in [0.25, 0.3) is 10.6 Å². The number of aliphatic hydroxyl groups excluding tert-OH is 1. The minimum Gasteiger partial charge on any atom is -0.391 e. The van der Waals surface area contributed by atoms with E-state index in [1.165, 1.54) is 49.6 Å². The maximum absolute atomic E-state index is 13.2. The summed E-state index contributed by atoms with van der Waals surface area (Å²) in [5.41, 5.74) is 1.22. The Kier molecular flexibility index (Phi) is 8.30. The predicted octanol–water partition coefficient (Wildman–Crippen LogP) is 5.85. The number of nitrogens with zero attached hydrogens (tertiary/aromatic N) is 5. The van der Waals surface area contributed by atoms with Crippen LogP contribution in [0.5, 0.6) is 0 Å². The van der Waals surface area contributed by atoms with E-state index in [-0.39, 0.29) is 12.0 Å². The van der Waals surface area contributed by atoms with Crippen LogP contribution in [0.1, 0.15) is 48.9 Å². The minimum atomic E-state index is -0.382. The van der Waals surface area contributed by atoms with E-state index in [0.29, 0.717) is 46.1 Å². The number of pyridine rings is 1. The Balaban J connectivity index is 1.19.